The average molecular weight is 387 g/mol. The third-order valence-electron chi connectivity index (χ3n) is 3.39. The number of anilines is 1. The van der Waals surface area contributed by atoms with Crippen LogP contribution in [-0.4, -0.2) is 38.8 Å². The summed E-state index contributed by atoms with van der Waals surface area (Å²) in [6, 6.07) is 5.64. The lowest BCUT2D eigenvalue weighted by atomic mass is 10.2. The molecule has 0 spiro atoms. The molecule has 0 aliphatic rings. The molecule has 0 unspecified atom stereocenters. The van der Waals surface area contributed by atoms with E-state index >= 15 is 0 Å². The van der Waals surface area contributed by atoms with Gasteiger partial charge >= 0.3 is 12.1 Å². The number of hydrogen-bond acceptors (Lipinski definition) is 4. The first-order chi connectivity index (χ1) is 12.2. The molecule has 2 rings (SSSR count). The zero-order valence-electron chi connectivity index (χ0n) is 13.7. The lowest BCUT2D eigenvalue weighted by Crippen LogP contribution is -2.17. The molecule has 0 saturated carbocycles. The van der Waals surface area contributed by atoms with Crippen molar-refractivity contribution in [2.75, 3.05) is 17.3 Å². The van der Waals surface area contributed by atoms with Crippen LogP contribution in [0.15, 0.2) is 30.5 Å². The monoisotopic (exact) mass is 387 g/mol. The topological polar surface area (TPSA) is 84.2 Å². The highest BCUT2D eigenvalue weighted by Crippen LogP contribution is 2.34. The largest absolute Gasteiger partial charge is 0.478 e. The van der Waals surface area contributed by atoms with Gasteiger partial charge in [0.1, 0.15) is 5.56 Å². The number of carboxylic acid groups (broad SMARTS) is 1. The maximum Gasteiger partial charge on any atom is 0.434 e. The molecule has 0 atom stereocenters. The highest BCUT2D eigenvalue weighted by molar-refractivity contribution is 7.98. The molecule has 2 N–H and O–H groups in total. The number of nitrogens with zero attached hydrogens (tertiary/aromatic N) is 2. The van der Waals surface area contributed by atoms with Crippen molar-refractivity contribution in [3.63, 3.8) is 0 Å². The lowest BCUT2D eigenvalue weighted by Gasteiger charge is -2.13. The van der Waals surface area contributed by atoms with E-state index < -0.39 is 23.4 Å². The normalized spacial score (nSPS) is 11.4. The Morgan fingerprint density at radius 1 is 1.35 bits per heavy atom. The molecule has 1 amide bonds. The highest BCUT2D eigenvalue weighted by atomic mass is 32.2. The average Bonchev–Trinajstić information content (AvgIpc) is 3.01. The lowest BCUT2D eigenvalue weighted by molar-refractivity contribution is -0.143. The van der Waals surface area contributed by atoms with Crippen LogP contribution in [-0.2, 0) is 11.0 Å². The molecule has 0 aliphatic carbocycles. The van der Waals surface area contributed by atoms with Crippen molar-refractivity contribution >= 4 is 29.3 Å². The number of benzene rings is 1. The number of carbonyl (C=O) groups is 2. The van der Waals surface area contributed by atoms with Gasteiger partial charge in [0.15, 0.2) is 5.69 Å². The van der Waals surface area contributed by atoms with E-state index in [1.165, 1.54) is 24.3 Å². The van der Waals surface area contributed by atoms with Crippen LogP contribution in [0.3, 0.4) is 0 Å². The Balaban J connectivity index is 2.31. The molecule has 10 heteroatoms. The van der Waals surface area contributed by atoms with E-state index in [1.807, 2.05) is 6.26 Å². The molecule has 1 heterocycles. The van der Waals surface area contributed by atoms with Gasteiger partial charge in [0.05, 0.1) is 11.9 Å². The van der Waals surface area contributed by atoms with Crippen LogP contribution in [0, 0.1) is 0 Å². The van der Waals surface area contributed by atoms with Crippen LogP contribution in [0.4, 0.5) is 18.9 Å². The molecule has 0 bridgehead atoms. The first-order valence-corrected chi connectivity index (χ1v) is 8.91. The van der Waals surface area contributed by atoms with Crippen LogP contribution in [0.5, 0.6) is 0 Å². The van der Waals surface area contributed by atoms with Gasteiger partial charge in [0.25, 0.3) is 0 Å². The quantitative estimate of drug-likeness (QED) is 0.708. The van der Waals surface area contributed by atoms with Gasteiger partial charge in [-0.05, 0) is 36.6 Å². The number of hydrogen-bond donors (Lipinski definition) is 2. The van der Waals surface area contributed by atoms with E-state index in [1.54, 1.807) is 11.8 Å². The van der Waals surface area contributed by atoms with E-state index in [4.69, 9.17) is 5.11 Å². The van der Waals surface area contributed by atoms with Crippen molar-refractivity contribution in [1.29, 1.82) is 0 Å². The predicted molar refractivity (Wildman–Crippen MR) is 91.8 cm³/mol. The van der Waals surface area contributed by atoms with Crippen LogP contribution in [0.25, 0.3) is 5.69 Å². The number of aromatic nitrogens is 2. The minimum atomic E-state index is -4.90. The Labute approximate surface area is 151 Å². The maximum atomic E-state index is 13.3. The molecule has 0 radical (unpaired) electrons. The summed E-state index contributed by atoms with van der Waals surface area (Å²) in [5.41, 5.74) is -2.03. The van der Waals surface area contributed by atoms with E-state index in [0.717, 1.165) is 5.75 Å². The predicted octanol–water partition coefficient (Wildman–Crippen LogP) is 3.67. The molecule has 0 saturated heterocycles. The Hall–Kier alpha value is -2.49. The van der Waals surface area contributed by atoms with Gasteiger partial charge in [-0.15, -0.1) is 0 Å². The number of halogens is 3. The molecular weight excluding hydrogens is 371 g/mol. The maximum absolute atomic E-state index is 13.3. The zero-order valence-corrected chi connectivity index (χ0v) is 14.5. The second-order valence-corrected chi connectivity index (χ2v) is 6.30. The minimum absolute atomic E-state index is 0.00765. The number of carboxylic acids is 1. The Morgan fingerprint density at radius 2 is 2.08 bits per heavy atom. The second kappa shape index (κ2) is 8.26. The summed E-state index contributed by atoms with van der Waals surface area (Å²) >= 11 is 1.61. The first-order valence-electron chi connectivity index (χ1n) is 7.51. The fourth-order valence-electron chi connectivity index (χ4n) is 2.29. The standard InChI is InChI=1S/C16H16F3N3O3S/c1-26-7-3-6-13(23)21-10-4-2-5-11(8-10)22-14(16(17,18)19)12(9-20-22)15(24)25/h2,4-5,8-9H,3,6-7H2,1H3,(H,21,23)(H,24,25). The first kappa shape index (κ1) is 19.8. The van der Waals surface area contributed by atoms with Gasteiger partial charge in [0.2, 0.25) is 5.91 Å². The summed E-state index contributed by atoms with van der Waals surface area (Å²) in [7, 11) is 0. The Morgan fingerprint density at radius 3 is 2.69 bits per heavy atom. The third kappa shape index (κ3) is 4.78. The summed E-state index contributed by atoms with van der Waals surface area (Å²) in [6.45, 7) is 0. The summed E-state index contributed by atoms with van der Waals surface area (Å²) < 4.78 is 40.3. The van der Waals surface area contributed by atoms with E-state index in [2.05, 4.69) is 10.4 Å². The van der Waals surface area contributed by atoms with Gasteiger partial charge in [-0.25, -0.2) is 9.48 Å². The van der Waals surface area contributed by atoms with Gasteiger partial charge in [-0.1, -0.05) is 6.07 Å². The number of alkyl halides is 3. The van der Waals surface area contributed by atoms with Crippen molar-refractivity contribution in [2.45, 2.75) is 19.0 Å². The molecule has 1 aromatic heterocycles. The molecule has 1 aromatic carbocycles. The molecule has 140 valence electrons. The zero-order chi connectivity index (χ0) is 19.3. The van der Waals surface area contributed by atoms with Crippen molar-refractivity contribution in [2.24, 2.45) is 0 Å². The van der Waals surface area contributed by atoms with E-state index in [-0.39, 0.29) is 11.6 Å². The Kier molecular flexibility index (Phi) is 6.30. The molecule has 6 nitrogen and oxygen atoms in total. The number of amides is 1. The van der Waals surface area contributed by atoms with Crippen molar-refractivity contribution in [3.05, 3.63) is 41.7 Å². The summed E-state index contributed by atoms with van der Waals surface area (Å²) in [4.78, 5) is 22.9. The van der Waals surface area contributed by atoms with Crippen molar-refractivity contribution in [1.82, 2.24) is 9.78 Å². The molecular formula is C16H16F3N3O3S. The number of thioether (sulfide) groups is 1. The van der Waals surface area contributed by atoms with Gasteiger partial charge in [-0.3, -0.25) is 4.79 Å². The van der Waals surface area contributed by atoms with Crippen LogP contribution >= 0.6 is 11.8 Å². The van der Waals surface area contributed by atoms with E-state index in [0.29, 0.717) is 29.4 Å². The minimum Gasteiger partial charge on any atom is -0.478 e. The fraction of sp³-hybridized carbons (Fsp3) is 0.312. The van der Waals surface area contributed by atoms with Crippen molar-refractivity contribution in [3.8, 4) is 5.69 Å². The van der Waals surface area contributed by atoms with Crippen LogP contribution < -0.4 is 5.32 Å². The molecule has 26 heavy (non-hydrogen) atoms. The summed E-state index contributed by atoms with van der Waals surface area (Å²) in [5.74, 6) is -1.14. The number of nitrogens with one attached hydrogen (secondary N) is 1. The number of aromatic carboxylic acids is 1. The van der Waals surface area contributed by atoms with Gasteiger partial charge < -0.3 is 10.4 Å². The fourth-order valence-corrected chi connectivity index (χ4v) is 2.72. The third-order valence-corrected chi connectivity index (χ3v) is 4.09. The number of carbonyl (C=O) groups excluding carboxylic acids is 1. The molecule has 0 aliphatic heterocycles. The smallest absolute Gasteiger partial charge is 0.434 e. The van der Waals surface area contributed by atoms with Crippen molar-refractivity contribution < 1.29 is 27.9 Å². The van der Waals surface area contributed by atoms with Crippen LogP contribution in [0.2, 0.25) is 0 Å². The van der Waals surface area contributed by atoms with E-state index in [9.17, 15) is 22.8 Å². The van der Waals surface area contributed by atoms with Gasteiger partial charge in [-0.2, -0.15) is 30.0 Å². The number of rotatable bonds is 7. The highest BCUT2D eigenvalue weighted by Gasteiger charge is 2.40. The molecule has 2 aromatic rings. The van der Waals surface area contributed by atoms with Gasteiger partial charge in [0, 0.05) is 12.1 Å². The SMILES string of the molecule is CSCCCC(=O)Nc1cccc(-n2ncc(C(=O)O)c2C(F)(F)F)c1. The summed E-state index contributed by atoms with van der Waals surface area (Å²) in [6.07, 6.45) is -1.34. The Bertz CT molecular complexity index is 806. The summed E-state index contributed by atoms with van der Waals surface area (Å²) in [5, 5.41) is 15.1. The molecule has 0 fully saturated rings. The second-order valence-electron chi connectivity index (χ2n) is 5.32. The van der Waals surface area contributed by atoms with Crippen LogP contribution in [0.1, 0.15) is 28.9 Å².